The molecule has 1 radical (unpaired) electrons. The minimum absolute atomic E-state index is 0. The molecule has 1 aliphatic rings. The fourth-order valence-electron chi connectivity index (χ4n) is 1.55. The van der Waals surface area contributed by atoms with Gasteiger partial charge in [-0.05, 0) is 18.9 Å². The summed E-state index contributed by atoms with van der Waals surface area (Å²) in [6, 6.07) is 5.58. The van der Waals surface area contributed by atoms with Crippen LogP contribution in [0.15, 0.2) is 18.2 Å². The summed E-state index contributed by atoms with van der Waals surface area (Å²) in [5.41, 5.74) is 7.36. The van der Waals surface area contributed by atoms with Crippen LogP contribution < -0.4 is 4.90 Å². The van der Waals surface area contributed by atoms with Gasteiger partial charge in [0.2, 0.25) is 0 Å². The van der Waals surface area contributed by atoms with Crippen molar-refractivity contribution in [2.45, 2.75) is 12.8 Å². The van der Waals surface area contributed by atoms with E-state index in [1.165, 1.54) is 12.8 Å². The quantitative estimate of drug-likeness (QED) is 0.768. The Morgan fingerprint density at radius 3 is 2.54 bits per heavy atom. The Kier molecular flexibility index (Phi) is 4.13. The SMILES string of the molecule is [NH-]c1cccc(N2CCCC2)n1.[Y]. The zero-order valence-electron chi connectivity index (χ0n) is 7.53. The van der Waals surface area contributed by atoms with Crippen LogP contribution in [0.1, 0.15) is 12.8 Å². The van der Waals surface area contributed by atoms with Gasteiger partial charge in [0.05, 0.1) is 0 Å². The summed E-state index contributed by atoms with van der Waals surface area (Å²) in [5.74, 6) is 1.32. The molecule has 0 bridgehead atoms. The number of rotatable bonds is 1. The first-order chi connectivity index (χ1) is 5.86. The summed E-state index contributed by atoms with van der Waals surface area (Å²) < 4.78 is 0. The molecule has 3 nitrogen and oxygen atoms in total. The standard InChI is InChI=1S/C9H12N3.Y/c10-8-4-3-5-9(11-8)12-6-1-2-7-12;/h3-5H,1-2,6-7H2,(H-,10,11);/q-1;. The van der Waals surface area contributed by atoms with Crippen molar-refractivity contribution in [3.8, 4) is 0 Å². The van der Waals surface area contributed by atoms with E-state index < -0.39 is 0 Å². The van der Waals surface area contributed by atoms with Crippen LogP contribution in [0, 0.1) is 0 Å². The summed E-state index contributed by atoms with van der Waals surface area (Å²) in [5, 5.41) is 0. The number of aromatic nitrogens is 1. The second kappa shape index (κ2) is 4.92. The number of anilines is 1. The fraction of sp³-hybridized carbons (Fsp3) is 0.444. The molecule has 13 heavy (non-hydrogen) atoms. The summed E-state index contributed by atoms with van der Waals surface area (Å²) in [6.45, 7) is 2.19. The molecule has 0 spiro atoms. The predicted molar refractivity (Wildman–Crippen MR) is 49.7 cm³/mol. The van der Waals surface area contributed by atoms with Gasteiger partial charge in [0.25, 0.3) is 0 Å². The van der Waals surface area contributed by atoms with Gasteiger partial charge in [0.15, 0.2) is 0 Å². The van der Waals surface area contributed by atoms with Crippen molar-refractivity contribution in [3.63, 3.8) is 0 Å². The fourth-order valence-corrected chi connectivity index (χ4v) is 1.55. The molecule has 0 unspecified atom stereocenters. The number of nitrogens with one attached hydrogen (secondary N) is 1. The van der Waals surface area contributed by atoms with E-state index >= 15 is 0 Å². The molecule has 0 amide bonds. The van der Waals surface area contributed by atoms with E-state index in [0.717, 1.165) is 18.9 Å². The Hall–Kier alpha value is -0.146. The van der Waals surface area contributed by atoms with Gasteiger partial charge in [-0.2, -0.15) is 0 Å². The van der Waals surface area contributed by atoms with Gasteiger partial charge in [-0.15, -0.1) is 0 Å². The van der Waals surface area contributed by atoms with Crippen molar-refractivity contribution in [2.75, 3.05) is 18.0 Å². The second-order valence-electron chi connectivity index (χ2n) is 3.08. The van der Waals surface area contributed by atoms with Gasteiger partial charge in [-0.25, -0.2) is 0 Å². The van der Waals surface area contributed by atoms with E-state index in [4.69, 9.17) is 5.73 Å². The third-order valence-corrected chi connectivity index (χ3v) is 2.16. The Bertz CT molecular complexity index is 271. The Morgan fingerprint density at radius 2 is 1.92 bits per heavy atom. The van der Waals surface area contributed by atoms with Gasteiger partial charge < -0.3 is 15.6 Å². The molecular formula is C9H12N3Y-. The van der Waals surface area contributed by atoms with E-state index in [1.807, 2.05) is 12.1 Å². The van der Waals surface area contributed by atoms with Crippen LogP contribution in [0.3, 0.4) is 0 Å². The summed E-state index contributed by atoms with van der Waals surface area (Å²) >= 11 is 0. The van der Waals surface area contributed by atoms with E-state index in [-0.39, 0.29) is 32.7 Å². The molecular weight excluding hydrogens is 239 g/mol. The van der Waals surface area contributed by atoms with Gasteiger partial charge in [0, 0.05) is 51.6 Å². The van der Waals surface area contributed by atoms with Gasteiger partial charge in [0.1, 0.15) is 0 Å². The molecule has 2 heterocycles. The average molecular weight is 251 g/mol. The second-order valence-corrected chi connectivity index (χ2v) is 3.08. The van der Waals surface area contributed by atoms with Crippen molar-refractivity contribution in [1.29, 1.82) is 0 Å². The molecule has 0 aromatic carbocycles. The number of hydrogen-bond donors (Lipinski definition) is 0. The van der Waals surface area contributed by atoms with E-state index in [1.54, 1.807) is 6.07 Å². The Balaban J connectivity index is 0.000000845. The molecule has 67 valence electrons. The smallest absolute Gasteiger partial charge is 0.0234 e. The van der Waals surface area contributed by atoms with Crippen LogP contribution >= 0.6 is 0 Å². The number of hydrogen-bond acceptors (Lipinski definition) is 2. The maximum Gasteiger partial charge on any atom is 0.0234 e. The first-order valence-corrected chi connectivity index (χ1v) is 4.30. The monoisotopic (exact) mass is 251 g/mol. The largest absolute Gasteiger partial charge is 0.482 e. The minimum Gasteiger partial charge on any atom is -0.482 e. The van der Waals surface area contributed by atoms with Gasteiger partial charge >= 0.3 is 0 Å². The topological polar surface area (TPSA) is 39.9 Å². The molecule has 1 aromatic rings. The van der Waals surface area contributed by atoms with Crippen molar-refractivity contribution >= 4 is 11.6 Å². The van der Waals surface area contributed by atoms with Crippen LogP contribution in [0.25, 0.3) is 5.73 Å². The van der Waals surface area contributed by atoms with E-state index in [9.17, 15) is 0 Å². The number of pyridine rings is 1. The molecule has 1 fully saturated rings. The molecule has 1 aromatic heterocycles. The van der Waals surface area contributed by atoms with Crippen molar-refractivity contribution < 1.29 is 32.7 Å². The molecule has 1 saturated heterocycles. The van der Waals surface area contributed by atoms with Gasteiger partial charge in [-0.3, -0.25) is 0 Å². The Labute approximate surface area is 104 Å². The summed E-state index contributed by atoms with van der Waals surface area (Å²) in [4.78, 5) is 6.38. The predicted octanol–water partition coefficient (Wildman–Crippen LogP) is 2.36. The molecule has 1 N–H and O–H groups in total. The van der Waals surface area contributed by atoms with E-state index in [0.29, 0.717) is 5.82 Å². The van der Waals surface area contributed by atoms with Crippen LogP contribution in [-0.2, 0) is 32.7 Å². The minimum atomic E-state index is 0. The first-order valence-electron chi connectivity index (χ1n) is 4.30. The molecule has 1 aliphatic heterocycles. The van der Waals surface area contributed by atoms with Crippen molar-refractivity contribution in [2.24, 2.45) is 0 Å². The molecule has 2 rings (SSSR count). The number of nitrogens with zero attached hydrogens (tertiary/aromatic N) is 2. The molecule has 4 heteroatoms. The van der Waals surface area contributed by atoms with Crippen LogP contribution in [0.5, 0.6) is 0 Å². The van der Waals surface area contributed by atoms with Crippen molar-refractivity contribution in [1.82, 2.24) is 4.98 Å². The zero-order chi connectivity index (χ0) is 8.39. The molecule has 0 aliphatic carbocycles. The molecule has 0 saturated carbocycles. The van der Waals surface area contributed by atoms with Crippen LogP contribution in [-0.4, -0.2) is 18.1 Å². The maximum atomic E-state index is 7.36. The molecule has 0 atom stereocenters. The third kappa shape index (κ3) is 2.65. The van der Waals surface area contributed by atoms with Crippen LogP contribution in [0.4, 0.5) is 11.6 Å². The maximum absolute atomic E-state index is 7.36. The zero-order valence-corrected chi connectivity index (χ0v) is 10.4. The summed E-state index contributed by atoms with van der Waals surface area (Å²) in [7, 11) is 0. The third-order valence-electron chi connectivity index (χ3n) is 2.16. The van der Waals surface area contributed by atoms with Gasteiger partial charge in [-0.1, -0.05) is 18.0 Å². The normalized spacial score (nSPS) is 15.5. The summed E-state index contributed by atoms with van der Waals surface area (Å²) in [6.07, 6.45) is 2.51. The van der Waals surface area contributed by atoms with Crippen molar-refractivity contribution in [3.05, 3.63) is 23.9 Å². The van der Waals surface area contributed by atoms with E-state index in [2.05, 4.69) is 9.88 Å². The Morgan fingerprint density at radius 1 is 1.23 bits per heavy atom. The first kappa shape index (κ1) is 10.9. The van der Waals surface area contributed by atoms with Crippen LogP contribution in [0.2, 0.25) is 0 Å². The average Bonchev–Trinajstić information content (AvgIpc) is 2.56.